The summed E-state index contributed by atoms with van der Waals surface area (Å²) in [4.78, 5) is 22.5. The molecule has 1 N–H and O–H groups in total. The number of methoxy groups -OCH3 is 1. The quantitative estimate of drug-likeness (QED) is 0.657. The van der Waals surface area contributed by atoms with E-state index in [1.54, 1.807) is 24.8 Å². The fraction of sp³-hybridized carbons (Fsp3) is 0.375. The Hall–Kier alpha value is -3.19. The first-order valence-electron chi connectivity index (χ1n) is 10.5. The maximum Gasteiger partial charge on any atom is 0.277 e. The SMILES string of the molecule is CCO[C@H]1Cc2ccccc2C1Nc1c(C)nc(-c2ccc(OC)nc2C)n(C)c1=O. The van der Waals surface area contributed by atoms with Gasteiger partial charge in [0.1, 0.15) is 11.5 Å². The molecule has 0 bridgehead atoms. The average molecular weight is 421 g/mol. The van der Waals surface area contributed by atoms with E-state index in [9.17, 15) is 4.79 Å². The van der Waals surface area contributed by atoms with E-state index >= 15 is 0 Å². The lowest BCUT2D eigenvalue weighted by Gasteiger charge is -2.24. The Morgan fingerprint density at radius 3 is 2.61 bits per heavy atom. The molecule has 1 aromatic carbocycles. The van der Waals surface area contributed by atoms with Crippen molar-refractivity contribution in [3.8, 4) is 17.3 Å². The Morgan fingerprint density at radius 1 is 1.13 bits per heavy atom. The zero-order chi connectivity index (χ0) is 22.1. The summed E-state index contributed by atoms with van der Waals surface area (Å²) < 4.78 is 12.8. The number of aromatic nitrogens is 3. The number of hydrogen-bond donors (Lipinski definition) is 1. The molecule has 0 fully saturated rings. The highest BCUT2D eigenvalue weighted by Gasteiger charge is 2.34. The first-order valence-corrected chi connectivity index (χ1v) is 10.5. The standard InChI is InChI=1S/C24H28N4O3/c1-6-31-19-13-16-9-7-8-10-18(16)22(19)27-21-15(3)26-23(28(4)24(21)29)17-11-12-20(30-5)25-14(17)2/h7-12,19,22,27H,6,13H2,1-5H3/t19-,22?/m0/s1. The lowest BCUT2D eigenvalue weighted by atomic mass is 10.1. The van der Waals surface area contributed by atoms with E-state index in [1.165, 1.54) is 11.1 Å². The van der Waals surface area contributed by atoms with Crippen LogP contribution in [-0.4, -0.2) is 34.4 Å². The minimum atomic E-state index is -0.127. The summed E-state index contributed by atoms with van der Waals surface area (Å²) in [6, 6.07) is 11.8. The summed E-state index contributed by atoms with van der Waals surface area (Å²) in [7, 11) is 3.32. The Bertz CT molecular complexity index is 1170. The maximum absolute atomic E-state index is 13.4. The van der Waals surface area contributed by atoms with Gasteiger partial charge in [-0.25, -0.2) is 9.97 Å². The molecular weight excluding hydrogens is 392 g/mol. The van der Waals surface area contributed by atoms with Gasteiger partial charge in [-0.15, -0.1) is 0 Å². The van der Waals surface area contributed by atoms with Crippen LogP contribution in [0, 0.1) is 13.8 Å². The van der Waals surface area contributed by atoms with Crippen LogP contribution < -0.4 is 15.6 Å². The predicted octanol–water partition coefficient (Wildman–Crippen LogP) is 3.58. The first-order chi connectivity index (χ1) is 14.9. The molecule has 0 saturated heterocycles. The normalized spacial score (nSPS) is 17.5. The third-order valence-corrected chi connectivity index (χ3v) is 5.85. The highest BCUT2D eigenvalue weighted by Crippen LogP contribution is 2.36. The Kier molecular flexibility index (Phi) is 5.78. The van der Waals surface area contributed by atoms with Gasteiger partial charge in [-0.1, -0.05) is 24.3 Å². The van der Waals surface area contributed by atoms with E-state index < -0.39 is 0 Å². The van der Waals surface area contributed by atoms with Crippen molar-refractivity contribution in [1.29, 1.82) is 0 Å². The Labute approximate surface area is 182 Å². The molecule has 1 aliphatic carbocycles. The molecule has 1 aliphatic rings. The van der Waals surface area contributed by atoms with Crippen LogP contribution in [0.3, 0.4) is 0 Å². The number of benzene rings is 1. The summed E-state index contributed by atoms with van der Waals surface area (Å²) in [6.07, 6.45) is 0.794. The van der Waals surface area contributed by atoms with Crippen molar-refractivity contribution in [2.24, 2.45) is 7.05 Å². The fourth-order valence-corrected chi connectivity index (χ4v) is 4.26. The molecule has 0 spiro atoms. The summed E-state index contributed by atoms with van der Waals surface area (Å²) in [5.74, 6) is 1.11. The van der Waals surface area contributed by atoms with Gasteiger partial charge in [-0.2, -0.15) is 0 Å². The van der Waals surface area contributed by atoms with Crippen molar-refractivity contribution in [3.05, 3.63) is 69.3 Å². The van der Waals surface area contributed by atoms with Gasteiger partial charge in [0.15, 0.2) is 0 Å². The summed E-state index contributed by atoms with van der Waals surface area (Å²) in [6.45, 7) is 6.35. The van der Waals surface area contributed by atoms with Crippen LogP contribution in [-0.2, 0) is 18.2 Å². The molecule has 0 aliphatic heterocycles. The molecule has 2 aromatic heterocycles. The molecule has 2 atom stereocenters. The van der Waals surface area contributed by atoms with Crippen LogP contribution in [0.2, 0.25) is 0 Å². The van der Waals surface area contributed by atoms with E-state index in [0.29, 0.717) is 29.7 Å². The molecule has 162 valence electrons. The van der Waals surface area contributed by atoms with Crippen molar-refractivity contribution < 1.29 is 9.47 Å². The zero-order valence-corrected chi connectivity index (χ0v) is 18.6. The van der Waals surface area contributed by atoms with Crippen LogP contribution in [0.1, 0.15) is 35.5 Å². The van der Waals surface area contributed by atoms with Crippen LogP contribution in [0.25, 0.3) is 11.4 Å². The molecule has 0 saturated carbocycles. The van der Waals surface area contributed by atoms with Gasteiger partial charge in [0.05, 0.1) is 30.6 Å². The number of pyridine rings is 1. The van der Waals surface area contributed by atoms with Crippen molar-refractivity contribution >= 4 is 5.69 Å². The molecule has 0 amide bonds. The second-order valence-electron chi connectivity index (χ2n) is 7.77. The second kappa shape index (κ2) is 8.51. The fourth-order valence-electron chi connectivity index (χ4n) is 4.26. The molecule has 7 heteroatoms. The molecule has 31 heavy (non-hydrogen) atoms. The zero-order valence-electron chi connectivity index (χ0n) is 18.6. The number of fused-ring (bicyclic) bond motifs is 1. The van der Waals surface area contributed by atoms with Gasteiger partial charge in [0.2, 0.25) is 5.88 Å². The third kappa shape index (κ3) is 3.81. The van der Waals surface area contributed by atoms with Crippen LogP contribution in [0.5, 0.6) is 5.88 Å². The molecule has 3 aromatic rings. The van der Waals surface area contributed by atoms with Crippen LogP contribution in [0.4, 0.5) is 5.69 Å². The molecule has 7 nitrogen and oxygen atoms in total. The lowest BCUT2D eigenvalue weighted by Crippen LogP contribution is -2.31. The number of ether oxygens (including phenoxy) is 2. The highest BCUT2D eigenvalue weighted by atomic mass is 16.5. The van der Waals surface area contributed by atoms with Gasteiger partial charge >= 0.3 is 0 Å². The summed E-state index contributed by atoms with van der Waals surface area (Å²) in [5, 5.41) is 3.46. The van der Waals surface area contributed by atoms with Crippen molar-refractivity contribution in [2.75, 3.05) is 19.0 Å². The summed E-state index contributed by atoms with van der Waals surface area (Å²) >= 11 is 0. The number of nitrogens with zero attached hydrogens (tertiary/aromatic N) is 3. The maximum atomic E-state index is 13.4. The number of rotatable bonds is 6. The molecule has 4 rings (SSSR count). The Morgan fingerprint density at radius 2 is 1.90 bits per heavy atom. The molecule has 0 radical (unpaired) electrons. The lowest BCUT2D eigenvalue weighted by molar-refractivity contribution is 0.0574. The van der Waals surface area contributed by atoms with Gasteiger partial charge < -0.3 is 14.8 Å². The van der Waals surface area contributed by atoms with E-state index in [-0.39, 0.29) is 17.7 Å². The highest BCUT2D eigenvalue weighted by molar-refractivity contribution is 5.62. The van der Waals surface area contributed by atoms with Crippen LogP contribution in [0.15, 0.2) is 41.2 Å². The van der Waals surface area contributed by atoms with E-state index in [4.69, 9.17) is 14.5 Å². The first kappa shape index (κ1) is 21.1. The molecule has 1 unspecified atom stereocenters. The molecule has 2 heterocycles. The molecular formula is C24H28N4O3. The van der Waals surface area contributed by atoms with E-state index in [0.717, 1.165) is 17.7 Å². The number of aryl methyl sites for hydroxylation is 2. The smallest absolute Gasteiger partial charge is 0.277 e. The van der Waals surface area contributed by atoms with E-state index in [2.05, 4.69) is 22.4 Å². The average Bonchev–Trinajstić information content (AvgIpc) is 3.11. The predicted molar refractivity (Wildman–Crippen MR) is 121 cm³/mol. The van der Waals surface area contributed by atoms with Gasteiger partial charge in [-0.05, 0) is 38.0 Å². The minimum Gasteiger partial charge on any atom is -0.481 e. The van der Waals surface area contributed by atoms with Crippen molar-refractivity contribution in [3.63, 3.8) is 0 Å². The van der Waals surface area contributed by atoms with Crippen LogP contribution >= 0.6 is 0 Å². The number of anilines is 1. The largest absolute Gasteiger partial charge is 0.481 e. The van der Waals surface area contributed by atoms with Gasteiger partial charge in [0, 0.05) is 31.7 Å². The second-order valence-corrected chi connectivity index (χ2v) is 7.77. The van der Waals surface area contributed by atoms with Crippen molar-refractivity contribution in [2.45, 2.75) is 39.3 Å². The van der Waals surface area contributed by atoms with E-state index in [1.807, 2.05) is 39.0 Å². The number of hydrogen-bond acceptors (Lipinski definition) is 6. The van der Waals surface area contributed by atoms with Gasteiger partial charge in [0.25, 0.3) is 5.56 Å². The monoisotopic (exact) mass is 420 g/mol. The van der Waals surface area contributed by atoms with Crippen molar-refractivity contribution in [1.82, 2.24) is 14.5 Å². The minimum absolute atomic E-state index is 0.0285. The van der Waals surface area contributed by atoms with Gasteiger partial charge in [-0.3, -0.25) is 9.36 Å². The summed E-state index contributed by atoms with van der Waals surface area (Å²) in [5.41, 5.74) is 4.98. The number of nitrogens with one attached hydrogen (secondary N) is 1. The third-order valence-electron chi connectivity index (χ3n) is 5.85. The Balaban J connectivity index is 1.74. The topological polar surface area (TPSA) is 78.3 Å².